The number of hydrogen-bond donors (Lipinski definition) is 3. The predicted molar refractivity (Wildman–Crippen MR) is 41.5 cm³/mol. The Morgan fingerprint density at radius 2 is 1.92 bits per heavy atom. The van der Waals surface area contributed by atoms with Gasteiger partial charge in [-0.25, -0.2) is 0 Å². The summed E-state index contributed by atoms with van der Waals surface area (Å²) >= 11 is 0. The Labute approximate surface area is 74.2 Å². The molecule has 0 unspecified atom stereocenters. The zero-order valence-corrected chi connectivity index (χ0v) is 6.98. The Balaban J connectivity index is 2.78. The largest absolute Gasteiger partial charge is 0.390 e. The summed E-state index contributed by atoms with van der Waals surface area (Å²) in [6.45, 7) is 1.54. The molecule has 7 nitrogen and oxygen atoms in total. The van der Waals surface area contributed by atoms with E-state index < -0.39 is 30.6 Å². The highest BCUT2D eigenvalue weighted by atomic mass is 16.6. The summed E-state index contributed by atoms with van der Waals surface area (Å²) in [5, 5.41) is 30.8. The van der Waals surface area contributed by atoms with Crippen molar-refractivity contribution in [2.45, 2.75) is 37.6 Å². The molecule has 0 amide bonds. The molecule has 1 aliphatic rings. The molecule has 1 fully saturated rings. The third-order valence-electron chi connectivity index (χ3n) is 2.01. The number of nitrogens with zero attached hydrogens (tertiary/aromatic N) is 3. The maximum absolute atomic E-state index is 9.35. The van der Waals surface area contributed by atoms with Crippen molar-refractivity contribution in [1.29, 1.82) is 0 Å². The topological polar surface area (TPSA) is 119 Å². The van der Waals surface area contributed by atoms with Gasteiger partial charge in [0.25, 0.3) is 0 Å². The van der Waals surface area contributed by atoms with Gasteiger partial charge in [0.05, 0.1) is 18.2 Å². The summed E-state index contributed by atoms with van der Waals surface area (Å²) in [6, 6.07) is -0.872. The van der Waals surface area contributed by atoms with Gasteiger partial charge in [0.2, 0.25) is 0 Å². The van der Waals surface area contributed by atoms with E-state index in [1.807, 2.05) is 0 Å². The minimum absolute atomic E-state index is 0.621. The van der Waals surface area contributed by atoms with E-state index >= 15 is 0 Å². The Morgan fingerprint density at radius 1 is 1.31 bits per heavy atom. The number of aliphatic hydroxyl groups is 3. The average molecular weight is 189 g/mol. The van der Waals surface area contributed by atoms with E-state index in [4.69, 9.17) is 20.5 Å². The maximum Gasteiger partial charge on any atom is 0.183 e. The molecule has 1 heterocycles. The molecule has 7 heteroatoms. The molecule has 0 aliphatic carbocycles. The fourth-order valence-electron chi connectivity index (χ4n) is 1.25. The van der Waals surface area contributed by atoms with Gasteiger partial charge in [0.15, 0.2) is 6.29 Å². The zero-order chi connectivity index (χ0) is 10.0. The number of ether oxygens (including phenoxy) is 1. The molecule has 0 spiro atoms. The van der Waals surface area contributed by atoms with Gasteiger partial charge in [-0.05, 0) is 12.5 Å². The maximum atomic E-state index is 9.35. The highest BCUT2D eigenvalue weighted by Gasteiger charge is 2.41. The molecule has 0 saturated carbocycles. The molecule has 1 aliphatic heterocycles. The smallest absolute Gasteiger partial charge is 0.183 e. The SMILES string of the molecule is C[C@H]1O[C@H](O)[C@@H](O)[C@@H](O)[C@@H]1N=[N+]=[N-]. The van der Waals surface area contributed by atoms with E-state index in [9.17, 15) is 5.11 Å². The summed E-state index contributed by atoms with van der Waals surface area (Å²) in [6.07, 6.45) is -4.79. The van der Waals surface area contributed by atoms with E-state index in [0.29, 0.717) is 0 Å². The van der Waals surface area contributed by atoms with E-state index in [2.05, 4.69) is 10.0 Å². The fourth-order valence-corrected chi connectivity index (χ4v) is 1.25. The Hall–Kier alpha value is -0.850. The average Bonchev–Trinajstić information content (AvgIpc) is 2.09. The fraction of sp³-hybridized carbons (Fsp3) is 1.00. The molecule has 0 aromatic carbocycles. The molecule has 0 radical (unpaired) electrons. The second-order valence-corrected chi connectivity index (χ2v) is 2.91. The lowest BCUT2D eigenvalue weighted by Gasteiger charge is -2.37. The number of hydrogen-bond acceptors (Lipinski definition) is 5. The van der Waals surface area contributed by atoms with Crippen LogP contribution in [0.1, 0.15) is 6.92 Å². The third kappa shape index (κ3) is 1.90. The molecule has 74 valence electrons. The minimum Gasteiger partial charge on any atom is -0.390 e. The minimum atomic E-state index is -1.44. The van der Waals surface area contributed by atoms with Crippen molar-refractivity contribution in [3.63, 3.8) is 0 Å². The van der Waals surface area contributed by atoms with Crippen LogP contribution in [0.25, 0.3) is 10.4 Å². The van der Waals surface area contributed by atoms with Crippen LogP contribution in [0.4, 0.5) is 0 Å². The van der Waals surface area contributed by atoms with Crippen LogP contribution in [0.5, 0.6) is 0 Å². The summed E-state index contributed by atoms with van der Waals surface area (Å²) in [4.78, 5) is 2.51. The first-order valence-corrected chi connectivity index (χ1v) is 3.81. The van der Waals surface area contributed by atoms with Gasteiger partial charge in [-0.1, -0.05) is 5.11 Å². The summed E-state index contributed by atoms with van der Waals surface area (Å²) < 4.78 is 4.81. The monoisotopic (exact) mass is 189 g/mol. The Morgan fingerprint density at radius 3 is 2.46 bits per heavy atom. The van der Waals surface area contributed by atoms with Crippen molar-refractivity contribution >= 4 is 0 Å². The Kier molecular flexibility index (Phi) is 3.07. The van der Waals surface area contributed by atoms with Crippen molar-refractivity contribution in [2.24, 2.45) is 5.11 Å². The zero-order valence-electron chi connectivity index (χ0n) is 6.98. The van der Waals surface area contributed by atoms with Gasteiger partial charge in [-0.3, -0.25) is 0 Å². The molecular weight excluding hydrogens is 178 g/mol. The standard InChI is InChI=1S/C6H11N3O4/c1-2-3(8-9-7)4(10)5(11)6(12)13-2/h2-6,10-12H,1H3/t2-,3-,4+,5+,6+/m1/s1. The summed E-state index contributed by atoms with van der Waals surface area (Å²) in [5.74, 6) is 0. The first-order valence-electron chi connectivity index (χ1n) is 3.81. The quantitative estimate of drug-likeness (QED) is 0.282. The highest BCUT2D eigenvalue weighted by molar-refractivity contribution is 4.91. The van der Waals surface area contributed by atoms with Crippen molar-refractivity contribution in [1.82, 2.24) is 0 Å². The first kappa shape index (κ1) is 10.2. The van der Waals surface area contributed by atoms with E-state index in [1.165, 1.54) is 6.92 Å². The van der Waals surface area contributed by atoms with Crippen LogP contribution in [0.3, 0.4) is 0 Å². The molecular formula is C6H11N3O4. The number of rotatable bonds is 1. The van der Waals surface area contributed by atoms with E-state index in [-0.39, 0.29) is 0 Å². The van der Waals surface area contributed by atoms with E-state index in [0.717, 1.165) is 0 Å². The molecule has 1 saturated heterocycles. The molecule has 13 heavy (non-hydrogen) atoms. The normalized spacial score (nSPS) is 45.4. The third-order valence-corrected chi connectivity index (χ3v) is 2.01. The van der Waals surface area contributed by atoms with Crippen LogP contribution in [-0.2, 0) is 4.74 Å². The lowest BCUT2D eigenvalue weighted by molar-refractivity contribution is -0.249. The van der Waals surface area contributed by atoms with Crippen molar-refractivity contribution in [3.05, 3.63) is 10.4 Å². The van der Waals surface area contributed by atoms with Gasteiger partial charge < -0.3 is 20.1 Å². The van der Waals surface area contributed by atoms with Gasteiger partial charge in [-0.15, -0.1) is 0 Å². The van der Waals surface area contributed by atoms with Crippen LogP contribution in [0, 0.1) is 0 Å². The predicted octanol–water partition coefficient (Wildman–Crippen LogP) is -0.876. The van der Waals surface area contributed by atoms with Crippen molar-refractivity contribution in [2.75, 3.05) is 0 Å². The lowest BCUT2D eigenvalue weighted by Crippen LogP contribution is -2.55. The lowest BCUT2D eigenvalue weighted by atomic mass is 9.98. The van der Waals surface area contributed by atoms with Crippen LogP contribution < -0.4 is 0 Å². The molecule has 1 rings (SSSR count). The molecule has 0 bridgehead atoms. The van der Waals surface area contributed by atoms with Crippen molar-refractivity contribution in [3.8, 4) is 0 Å². The molecule has 0 aromatic heterocycles. The van der Waals surface area contributed by atoms with E-state index in [1.54, 1.807) is 0 Å². The Bertz CT molecular complexity index is 230. The highest BCUT2D eigenvalue weighted by Crippen LogP contribution is 2.21. The van der Waals surface area contributed by atoms with Gasteiger partial charge in [0, 0.05) is 4.91 Å². The summed E-state index contributed by atoms with van der Waals surface area (Å²) in [7, 11) is 0. The molecule has 0 aromatic rings. The van der Waals surface area contributed by atoms with Crippen LogP contribution in [0.2, 0.25) is 0 Å². The first-order chi connectivity index (χ1) is 6.07. The van der Waals surface area contributed by atoms with Crippen molar-refractivity contribution < 1.29 is 20.1 Å². The molecule has 5 atom stereocenters. The molecule has 3 N–H and O–H groups in total. The second-order valence-electron chi connectivity index (χ2n) is 2.91. The van der Waals surface area contributed by atoms with Gasteiger partial charge >= 0.3 is 0 Å². The van der Waals surface area contributed by atoms with Gasteiger partial charge in [-0.2, -0.15) is 0 Å². The second kappa shape index (κ2) is 3.91. The number of aliphatic hydroxyl groups excluding tert-OH is 3. The number of azide groups is 1. The van der Waals surface area contributed by atoms with Crippen LogP contribution >= 0.6 is 0 Å². The summed E-state index contributed by atoms with van der Waals surface area (Å²) in [5.41, 5.74) is 8.15. The van der Waals surface area contributed by atoms with Crippen LogP contribution in [0.15, 0.2) is 5.11 Å². The van der Waals surface area contributed by atoms with Crippen LogP contribution in [-0.4, -0.2) is 46.0 Å². The van der Waals surface area contributed by atoms with Gasteiger partial charge in [0.1, 0.15) is 6.10 Å².